The second kappa shape index (κ2) is 5.45. The summed E-state index contributed by atoms with van der Waals surface area (Å²) in [6, 6.07) is 0. The number of amides is 1. The van der Waals surface area contributed by atoms with E-state index in [4.69, 9.17) is 0 Å². The SMILES string of the molecule is CCCNc1nnc(C(=O)N2CC3CCCC3C2)s1. The summed E-state index contributed by atoms with van der Waals surface area (Å²) in [6.45, 7) is 4.81. The summed E-state index contributed by atoms with van der Waals surface area (Å²) in [4.78, 5) is 14.3. The fourth-order valence-corrected chi connectivity index (χ4v) is 3.89. The van der Waals surface area contributed by atoms with E-state index in [0.717, 1.165) is 43.0 Å². The minimum Gasteiger partial charge on any atom is -0.360 e. The number of nitrogens with one attached hydrogen (secondary N) is 1. The number of fused-ring (bicyclic) bond motifs is 1. The zero-order valence-corrected chi connectivity index (χ0v) is 12.1. The van der Waals surface area contributed by atoms with Gasteiger partial charge in [-0.05, 0) is 31.1 Å². The van der Waals surface area contributed by atoms with Crippen molar-refractivity contribution in [3.8, 4) is 0 Å². The summed E-state index contributed by atoms with van der Waals surface area (Å²) in [5.74, 6) is 1.53. The molecule has 2 fully saturated rings. The van der Waals surface area contributed by atoms with Gasteiger partial charge in [0.1, 0.15) is 0 Å². The van der Waals surface area contributed by atoms with E-state index in [0.29, 0.717) is 5.01 Å². The number of aromatic nitrogens is 2. The Bertz CT molecular complexity index is 449. The molecule has 2 aliphatic rings. The zero-order valence-electron chi connectivity index (χ0n) is 11.3. The van der Waals surface area contributed by atoms with Gasteiger partial charge in [-0.15, -0.1) is 10.2 Å². The van der Waals surface area contributed by atoms with Crippen molar-refractivity contribution in [2.45, 2.75) is 32.6 Å². The Hall–Kier alpha value is -1.17. The number of carbonyl (C=O) groups is 1. The number of likely N-dealkylation sites (tertiary alicyclic amines) is 1. The van der Waals surface area contributed by atoms with Crippen LogP contribution in [0.1, 0.15) is 42.4 Å². The smallest absolute Gasteiger partial charge is 0.284 e. The van der Waals surface area contributed by atoms with Crippen LogP contribution in [0.2, 0.25) is 0 Å². The molecule has 1 amide bonds. The number of rotatable bonds is 4. The molecule has 1 N–H and O–H groups in total. The van der Waals surface area contributed by atoms with Crippen molar-refractivity contribution in [2.75, 3.05) is 25.0 Å². The second-order valence-corrected chi connectivity index (χ2v) is 6.48. The Morgan fingerprint density at radius 1 is 1.37 bits per heavy atom. The molecule has 1 aliphatic heterocycles. The Morgan fingerprint density at radius 2 is 2.11 bits per heavy atom. The van der Waals surface area contributed by atoms with Crippen LogP contribution in [0.3, 0.4) is 0 Å². The highest BCUT2D eigenvalue weighted by Crippen LogP contribution is 2.38. The lowest BCUT2D eigenvalue weighted by molar-refractivity contribution is 0.0779. The maximum atomic E-state index is 12.4. The molecule has 0 spiro atoms. The summed E-state index contributed by atoms with van der Waals surface area (Å²) < 4.78 is 0. The van der Waals surface area contributed by atoms with Gasteiger partial charge < -0.3 is 10.2 Å². The summed E-state index contributed by atoms with van der Waals surface area (Å²) in [5.41, 5.74) is 0. The van der Waals surface area contributed by atoms with Crippen LogP contribution in [0.5, 0.6) is 0 Å². The van der Waals surface area contributed by atoms with Gasteiger partial charge in [0.2, 0.25) is 10.1 Å². The Balaban J connectivity index is 1.62. The van der Waals surface area contributed by atoms with Gasteiger partial charge >= 0.3 is 0 Å². The lowest BCUT2D eigenvalue weighted by atomic mass is 10.0. The monoisotopic (exact) mass is 280 g/mol. The van der Waals surface area contributed by atoms with Crippen molar-refractivity contribution in [3.63, 3.8) is 0 Å². The van der Waals surface area contributed by atoms with Gasteiger partial charge in [0.05, 0.1) is 0 Å². The largest absolute Gasteiger partial charge is 0.360 e. The first kappa shape index (κ1) is 12.8. The highest BCUT2D eigenvalue weighted by Gasteiger charge is 2.38. The van der Waals surface area contributed by atoms with Crippen LogP contribution in [0.15, 0.2) is 0 Å². The Kier molecular flexibility index (Phi) is 3.68. The van der Waals surface area contributed by atoms with Crippen molar-refractivity contribution in [2.24, 2.45) is 11.8 Å². The van der Waals surface area contributed by atoms with E-state index in [2.05, 4.69) is 22.4 Å². The van der Waals surface area contributed by atoms with Crippen LogP contribution in [-0.2, 0) is 0 Å². The average molecular weight is 280 g/mol. The number of hydrogen-bond acceptors (Lipinski definition) is 5. The third kappa shape index (κ3) is 2.59. The molecule has 2 heterocycles. The average Bonchev–Trinajstić information content (AvgIpc) is 3.10. The third-order valence-corrected chi connectivity index (χ3v) is 5.02. The molecule has 1 aromatic rings. The lowest BCUT2D eigenvalue weighted by Gasteiger charge is -2.14. The van der Waals surface area contributed by atoms with Crippen LogP contribution in [0.4, 0.5) is 5.13 Å². The first-order valence-electron chi connectivity index (χ1n) is 7.14. The molecule has 1 aromatic heterocycles. The van der Waals surface area contributed by atoms with E-state index < -0.39 is 0 Å². The fourth-order valence-electron chi connectivity index (χ4n) is 3.15. The van der Waals surface area contributed by atoms with Crippen molar-refractivity contribution in [1.82, 2.24) is 15.1 Å². The van der Waals surface area contributed by atoms with Gasteiger partial charge in [-0.2, -0.15) is 0 Å². The molecule has 1 saturated heterocycles. The molecule has 2 atom stereocenters. The third-order valence-electron chi connectivity index (χ3n) is 4.15. The van der Waals surface area contributed by atoms with Gasteiger partial charge in [0.15, 0.2) is 0 Å². The molecule has 6 heteroatoms. The van der Waals surface area contributed by atoms with Crippen molar-refractivity contribution >= 4 is 22.4 Å². The van der Waals surface area contributed by atoms with Gasteiger partial charge in [-0.25, -0.2) is 0 Å². The molecular weight excluding hydrogens is 260 g/mol. The van der Waals surface area contributed by atoms with Crippen molar-refractivity contribution in [3.05, 3.63) is 5.01 Å². The lowest BCUT2D eigenvalue weighted by Crippen LogP contribution is -2.29. The summed E-state index contributed by atoms with van der Waals surface area (Å²) in [7, 11) is 0. The summed E-state index contributed by atoms with van der Waals surface area (Å²) in [6.07, 6.45) is 4.95. The van der Waals surface area contributed by atoms with E-state index in [-0.39, 0.29) is 5.91 Å². The van der Waals surface area contributed by atoms with Gasteiger partial charge in [-0.1, -0.05) is 24.7 Å². The standard InChI is InChI=1S/C13H20N4OS/c1-2-6-14-13-16-15-11(19-13)12(18)17-7-9-4-3-5-10(9)8-17/h9-10H,2-8H2,1H3,(H,14,16). The maximum Gasteiger partial charge on any atom is 0.284 e. The minimum atomic E-state index is 0.0662. The molecule has 19 heavy (non-hydrogen) atoms. The van der Waals surface area contributed by atoms with Crippen LogP contribution in [0.25, 0.3) is 0 Å². The maximum absolute atomic E-state index is 12.4. The first-order valence-corrected chi connectivity index (χ1v) is 7.96. The van der Waals surface area contributed by atoms with E-state index in [1.54, 1.807) is 0 Å². The predicted octanol–water partition coefficient (Wildman–Crippen LogP) is 2.23. The number of nitrogens with zero attached hydrogens (tertiary/aromatic N) is 3. The highest BCUT2D eigenvalue weighted by molar-refractivity contribution is 7.17. The molecule has 1 aliphatic carbocycles. The summed E-state index contributed by atoms with van der Waals surface area (Å²) in [5, 5.41) is 12.5. The molecule has 2 unspecified atom stereocenters. The Labute approximate surface area is 117 Å². The zero-order chi connectivity index (χ0) is 13.2. The molecule has 0 bridgehead atoms. The first-order chi connectivity index (χ1) is 9.28. The molecule has 3 rings (SSSR count). The van der Waals surface area contributed by atoms with E-state index in [1.165, 1.54) is 30.6 Å². The molecule has 0 radical (unpaired) electrons. The van der Waals surface area contributed by atoms with Crippen molar-refractivity contribution in [1.29, 1.82) is 0 Å². The molecule has 104 valence electrons. The quantitative estimate of drug-likeness (QED) is 0.919. The number of hydrogen-bond donors (Lipinski definition) is 1. The highest BCUT2D eigenvalue weighted by atomic mass is 32.1. The molecule has 1 saturated carbocycles. The normalized spacial score (nSPS) is 25.6. The second-order valence-electron chi connectivity index (χ2n) is 5.50. The van der Waals surface area contributed by atoms with Crippen LogP contribution in [0, 0.1) is 11.8 Å². The van der Waals surface area contributed by atoms with Gasteiger partial charge in [-0.3, -0.25) is 4.79 Å². The Morgan fingerprint density at radius 3 is 2.79 bits per heavy atom. The van der Waals surface area contributed by atoms with Crippen molar-refractivity contribution < 1.29 is 4.79 Å². The molecule has 0 aromatic carbocycles. The minimum absolute atomic E-state index is 0.0662. The predicted molar refractivity (Wildman–Crippen MR) is 75.4 cm³/mol. The number of anilines is 1. The van der Waals surface area contributed by atoms with Crippen LogP contribution in [-0.4, -0.2) is 40.6 Å². The van der Waals surface area contributed by atoms with Gasteiger partial charge in [0.25, 0.3) is 5.91 Å². The summed E-state index contributed by atoms with van der Waals surface area (Å²) >= 11 is 1.37. The van der Waals surface area contributed by atoms with E-state index >= 15 is 0 Å². The van der Waals surface area contributed by atoms with Crippen LogP contribution < -0.4 is 5.32 Å². The molecular formula is C13H20N4OS. The number of carbonyl (C=O) groups excluding carboxylic acids is 1. The van der Waals surface area contributed by atoms with E-state index in [1.807, 2.05) is 4.90 Å². The molecule has 5 nitrogen and oxygen atoms in total. The van der Waals surface area contributed by atoms with Gasteiger partial charge in [0, 0.05) is 19.6 Å². The topological polar surface area (TPSA) is 58.1 Å². The van der Waals surface area contributed by atoms with E-state index in [9.17, 15) is 4.79 Å². The fraction of sp³-hybridized carbons (Fsp3) is 0.769. The van der Waals surface area contributed by atoms with Crippen LogP contribution >= 0.6 is 11.3 Å².